The molecule has 1 amide bonds. The van der Waals surface area contributed by atoms with E-state index in [4.69, 9.17) is 0 Å². The molecule has 1 heterocycles. The Morgan fingerprint density at radius 2 is 2.00 bits per heavy atom. The first-order valence-corrected chi connectivity index (χ1v) is 7.64. The van der Waals surface area contributed by atoms with Gasteiger partial charge in [-0.3, -0.25) is 14.5 Å². The molecule has 1 saturated heterocycles. The van der Waals surface area contributed by atoms with Crippen molar-refractivity contribution in [2.45, 2.75) is 65.5 Å². The SMILES string of the molecule is CCC(C)NC(=O)C(C)N1CCCC(CC)(C(=O)O)C1. The van der Waals surface area contributed by atoms with Crippen LogP contribution in [0.5, 0.6) is 0 Å². The number of aliphatic carboxylic acids is 1. The van der Waals surface area contributed by atoms with E-state index in [1.165, 1.54) is 0 Å². The van der Waals surface area contributed by atoms with Crippen LogP contribution in [0.4, 0.5) is 0 Å². The van der Waals surface area contributed by atoms with Crippen molar-refractivity contribution < 1.29 is 14.7 Å². The number of rotatable bonds is 6. The summed E-state index contributed by atoms with van der Waals surface area (Å²) >= 11 is 0. The minimum Gasteiger partial charge on any atom is -0.481 e. The highest BCUT2D eigenvalue weighted by atomic mass is 16.4. The fraction of sp³-hybridized carbons (Fsp3) is 0.867. The molecule has 1 rings (SSSR count). The van der Waals surface area contributed by atoms with Crippen LogP contribution in [0.2, 0.25) is 0 Å². The molecule has 1 fully saturated rings. The molecule has 5 heteroatoms. The standard InChI is InChI=1S/C15H28N2O3/c1-5-11(3)16-13(18)12(4)17-9-7-8-15(6-2,10-17)14(19)20/h11-12H,5-10H2,1-4H3,(H,16,18)(H,19,20). The third-order valence-corrected chi connectivity index (χ3v) is 4.67. The number of nitrogens with one attached hydrogen (secondary N) is 1. The minimum atomic E-state index is -0.737. The molecule has 116 valence electrons. The van der Waals surface area contributed by atoms with E-state index in [1.54, 1.807) is 0 Å². The molecule has 1 aliphatic heterocycles. The van der Waals surface area contributed by atoms with Gasteiger partial charge < -0.3 is 10.4 Å². The van der Waals surface area contributed by atoms with Crippen LogP contribution in [0.1, 0.15) is 53.4 Å². The molecule has 0 aromatic rings. The zero-order valence-corrected chi connectivity index (χ0v) is 13.1. The maximum atomic E-state index is 12.2. The van der Waals surface area contributed by atoms with Gasteiger partial charge in [-0.05, 0) is 46.1 Å². The van der Waals surface area contributed by atoms with Gasteiger partial charge in [0, 0.05) is 12.6 Å². The van der Waals surface area contributed by atoms with Crippen LogP contribution in [0.15, 0.2) is 0 Å². The van der Waals surface area contributed by atoms with Gasteiger partial charge in [-0.15, -0.1) is 0 Å². The van der Waals surface area contributed by atoms with E-state index in [-0.39, 0.29) is 18.0 Å². The number of amides is 1. The lowest BCUT2D eigenvalue weighted by atomic mass is 9.77. The summed E-state index contributed by atoms with van der Waals surface area (Å²) in [6.45, 7) is 9.06. The van der Waals surface area contributed by atoms with Crippen LogP contribution in [-0.2, 0) is 9.59 Å². The Morgan fingerprint density at radius 3 is 2.50 bits per heavy atom. The monoisotopic (exact) mass is 284 g/mol. The van der Waals surface area contributed by atoms with Crippen LogP contribution >= 0.6 is 0 Å². The van der Waals surface area contributed by atoms with Crippen molar-refractivity contribution >= 4 is 11.9 Å². The summed E-state index contributed by atoms with van der Waals surface area (Å²) in [4.78, 5) is 25.7. The first-order valence-electron chi connectivity index (χ1n) is 7.64. The van der Waals surface area contributed by atoms with Gasteiger partial charge in [0.2, 0.25) is 5.91 Å². The lowest BCUT2D eigenvalue weighted by Crippen LogP contribution is -2.55. The van der Waals surface area contributed by atoms with Gasteiger partial charge in [0.05, 0.1) is 11.5 Å². The highest BCUT2D eigenvalue weighted by molar-refractivity contribution is 5.82. The average molecular weight is 284 g/mol. The molecule has 0 aromatic heterocycles. The second-order valence-corrected chi connectivity index (χ2v) is 6.01. The molecule has 0 aromatic carbocycles. The number of likely N-dealkylation sites (tertiary alicyclic amines) is 1. The fourth-order valence-electron chi connectivity index (χ4n) is 2.74. The van der Waals surface area contributed by atoms with Crippen molar-refractivity contribution in [2.24, 2.45) is 5.41 Å². The Bertz CT molecular complexity index is 359. The number of carbonyl (C=O) groups excluding carboxylic acids is 1. The van der Waals surface area contributed by atoms with Gasteiger partial charge in [0.1, 0.15) is 0 Å². The molecule has 0 aliphatic carbocycles. The molecule has 2 N–H and O–H groups in total. The molecule has 0 radical (unpaired) electrons. The van der Waals surface area contributed by atoms with Gasteiger partial charge in [-0.2, -0.15) is 0 Å². The molecule has 3 atom stereocenters. The van der Waals surface area contributed by atoms with Gasteiger partial charge in [0.25, 0.3) is 0 Å². The predicted octanol–water partition coefficient (Wildman–Crippen LogP) is 1.87. The summed E-state index contributed by atoms with van der Waals surface area (Å²) in [5.41, 5.74) is -0.691. The summed E-state index contributed by atoms with van der Waals surface area (Å²) < 4.78 is 0. The lowest BCUT2D eigenvalue weighted by Gasteiger charge is -2.41. The Kier molecular flexibility index (Phi) is 5.99. The second-order valence-electron chi connectivity index (χ2n) is 6.01. The lowest BCUT2D eigenvalue weighted by molar-refractivity contribution is -0.154. The van der Waals surface area contributed by atoms with Gasteiger partial charge >= 0.3 is 5.97 Å². The van der Waals surface area contributed by atoms with Crippen molar-refractivity contribution in [3.05, 3.63) is 0 Å². The minimum absolute atomic E-state index is 0.00311. The third kappa shape index (κ3) is 3.72. The predicted molar refractivity (Wildman–Crippen MR) is 78.5 cm³/mol. The second kappa shape index (κ2) is 7.07. The zero-order chi connectivity index (χ0) is 15.3. The largest absolute Gasteiger partial charge is 0.481 e. The molecule has 0 spiro atoms. The van der Waals surface area contributed by atoms with E-state index in [0.29, 0.717) is 19.4 Å². The topological polar surface area (TPSA) is 69.6 Å². The molecular weight excluding hydrogens is 256 g/mol. The number of carboxylic acid groups (broad SMARTS) is 1. The number of carboxylic acids is 1. The Labute approximate surface area is 121 Å². The van der Waals surface area contributed by atoms with Crippen LogP contribution in [0.3, 0.4) is 0 Å². The number of carbonyl (C=O) groups is 2. The third-order valence-electron chi connectivity index (χ3n) is 4.67. The number of piperidine rings is 1. The quantitative estimate of drug-likeness (QED) is 0.781. The van der Waals surface area contributed by atoms with Crippen LogP contribution in [0, 0.1) is 5.41 Å². The summed E-state index contributed by atoms with van der Waals surface area (Å²) in [7, 11) is 0. The van der Waals surface area contributed by atoms with E-state index < -0.39 is 11.4 Å². The van der Waals surface area contributed by atoms with E-state index in [2.05, 4.69) is 5.32 Å². The Hall–Kier alpha value is -1.10. The average Bonchev–Trinajstić information content (AvgIpc) is 2.45. The first kappa shape index (κ1) is 17.0. The molecular formula is C15H28N2O3. The van der Waals surface area contributed by atoms with Crippen molar-refractivity contribution in [1.29, 1.82) is 0 Å². The van der Waals surface area contributed by atoms with Crippen molar-refractivity contribution in [3.8, 4) is 0 Å². The Morgan fingerprint density at radius 1 is 1.35 bits per heavy atom. The highest BCUT2D eigenvalue weighted by Gasteiger charge is 2.42. The molecule has 5 nitrogen and oxygen atoms in total. The zero-order valence-electron chi connectivity index (χ0n) is 13.1. The smallest absolute Gasteiger partial charge is 0.310 e. The number of hydrogen-bond acceptors (Lipinski definition) is 3. The number of hydrogen-bond donors (Lipinski definition) is 2. The number of nitrogens with zero attached hydrogens (tertiary/aromatic N) is 1. The molecule has 20 heavy (non-hydrogen) atoms. The van der Waals surface area contributed by atoms with Crippen molar-refractivity contribution in [1.82, 2.24) is 10.2 Å². The van der Waals surface area contributed by atoms with E-state index in [9.17, 15) is 14.7 Å². The first-order chi connectivity index (χ1) is 9.36. The highest BCUT2D eigenvalue weighted by Crippen LogP contribution is 2.34. The van der Waals surface area contributed by atoms with Crippen LogP contribution < -0.4 is 5.32 Å². The van der Waals surface area contributed by atoms with Crippen molar-refractivity contribution in [3.63, 3.8) is 0 Å². The van der Waals surface area contributed by atoms with Gasteiger partial charge in [-0.25, -0.2) is 0 Å². The summed E-state index contributed by atoms with van der Waals surface area (Å²) in [6.07, 6.45) is 3.04. The van der Waals surface area contributed by atoms with E-state index in [0.717, 1.165) is 19.4 Å². The normalized spacial score (nSPS) is 26.8. The van der Waals surface area contributed by atoms with Crippen LogP contribution in [-0.4, -0.2) is 47.1 Å². The molecule has 0 bridgehead atoms. The molecule has 3 unspecified atom stereocenters. The van der Waals surface area contributed by atoms with Gasteiger partial charge in [-0.1, -0.05) is 13.8 Å². The Balaban J connectivity index is 2.71. The maximum absolute atomic E-state index is 12.2. The summed E-state index contributed by atoms with van der Waals surface area (Å²) in [6, 6.07) is -0.111. The maximum Gasteiger partial charge on any atom is 0.310 e. The molecule has 1 aliphatic rings. The summed E-state index contributed by atoms with van der Waals surface area (Å²) in [5, 5.41) is 12.5. The van der Waals surface area contributed by atoms with Crippen LogP contribution in [0.25, 0.3) is 0 Å². The van der Waals surface area contributed by atoms with E-state index >= 15 is 0 Å². The molecule has 0 saturated carbocycles. The van der Waals surface area contributed by atoms with E-state index in [1.807, 2.05) is 32.6 Å². The fourth-order valence-corrected chi connectivity index (χ4v) is 2.74. The van der Waals surface area contributed by atoms with Crippen molar-refractivity contribution in [2.75, 3.05) is 13.1 Å². The summed E-state index contributed by atoms with van der Waals surface area (Å²) in [5.74, 6) is -0.740. The van der Waals surface area contributed by atoms with Gasteiger partial charge in [0.15, 0.2) is 0 Å².